The maximum atomic E-state index is 14.1. The van der Waals surface area contributed by atoms with E-state index >= 15 is 0 Å². The number of anilines is 3. The maximum absolute atomic E-state index is 14.1. The molecule has 3 aliphatic rings. The fourth-order valence-corrected chi connectivity index (χ4v) is 7.41. The van der Waals surface area contributed by atoms with Gasteiger partial charge in [0.2, 0.25) is 11.8 Å². The molecule has 4 heterocycles. The molecular formula is C35H39ClF3N7O3. The zero-order valence-corrected chi connectivity index (χ0v) is 27.9. The van der Waals surface area contributed by atoms with Gasteiger partial charge in [0.1, 0.15) is 0 Å². The average molecular weight is 698 g/mol. The molecule has 4 amide bonds. The van der Waals surface area contributed by atoms with E-state index in [4.69, 9.17) is 11.6 Å². The highest BCUT2D eigenvalue weighted by molar-refractivity contribution is 6.33. The van der Waals surface area contributed by atoms with E-state index in [-0.39, 0.29) is 53.0 Å². The number of nitrogens with zero attached hydrogens (tertiary/aromatic N) is 5. The molecule has 2 saturated heterocycles. The number of hydrogen-bond acceptors (Lipinski definition) is 6. The maximum Gasteiger partial charge on any atom is 0.418 e. The number of pyridine rings is 1. The number of amides is 4. The normalized spacial score (nSPS) is 17.8. The van der Waals surface area contributed by atoms with E-state index in [0.29, 0.717) is 58.7 Å². The molecule has 0 spiro atoms. The van der Waals surface area contributed by atoms with Crippen LogP contribution in [0.1, 0.15) is 36.0 Å². The Bertz CT molecular complexity index is 1680. The smallest absolute Gasteiger partial charge is 0.386 e. The Kier molecular flexibility index (Phi) is 10.2. The van der Waals surface area contributed by atoms with Crippen LogP contribution in [0.2, 0.25) is 5.02 Å². The minimum absolute atomic E-state index is 0.0554. The molecule has 3 aromatic rings. The lowest BCUT2D eigenvalue weighted by Gasteiger charge is -2.41. The topological polar surface area (TPSA) is 101 Å². The monoisotopic (exact) mass is 697 g/mol. The van der Waals surface area contributed by atoms with Gasteiger partial charge in [-0.3, -0.25) is 14.6 Å². The van der Waals surface area contributed by atoms with Gasteiger partial charge in [-0.15, -0.1) is 0 Å². The van der Waals surface area contributed by atoms with E-state index in [1.165, 1.54) is 13.1 Å². The number of para-hydroxylation sites is 1. The number of halogens is 4. The molecule has 0 unspecified atom stereocenters. The molecule has 2 fully saturated rings. The number of hydrogen-bond donors (Lipinski definition) is 2. The van der Waals surface area contributed by atoms with Gasteiger partial charge >= 0.3 is 12.2 Å². The van der Waals surface area contributed by atoms with Gasteiger partial charge in [0.05, 0.1) is 22.2 Å². The summed E-state index contributed by atoms with van der Waals surface area (Å²) >= 11 is 6.29. The first kappa shape index (κ1) is 34.3. The Hall–Kier alpha value is -4.52. The quantitative estimate of drug-likeness (QED) is 0.312. The summed E-state index contributed by atoms with van der Waals surface area (Å²) in [5.41, 5.74) is 1.89. The van der Waals surface area contributed by atoms with Crippen LogP contribution >= 0.6 is 11.6 Å². The molecule has 6 rings (SSSR count). The molecule has 1 atom stereocenters. The predicted octanol–water partition coefficient (Wildman–Crippen LogP) is 5.73. The second kappa shape index (κ2) is 14.5. The third kappa shape index (κ3) is 7.71. The summed E-state index contributed by atoms with van der Waals surface area (Å²) in [4.78, 5) is 52.1. The van der Waals surface area contributed by atoms with Crippen molar-refractivity contribution in [3.05, 3.63) is 82.6 Å². The van der Waals surface area contributed by atoms with Crippen molar-refractivity contribution in [3.8, 4) is 0 Å². The minimum Gasteiger partial charge on any atom is -0.386 e. The summed E-state index contributed by atoms with van der Waals surface area (Å²) in [6.45, 7) is 3.25. The summed E-state index contributed by atoms with van der Waals surface area (Å²) in [7, 11) is 1.37. The number of alkyl halides is 3. The summed E-state index contributed by atoms with van der Waals surface area (Å²) in [6, 6.07) is 13.7. The van der Waals surface area contributed by atoms with Crippen molar-refractivity contribution in [2.24, 2.45) is 5.92 Å². The van der Waals surface area contributed by atoms with Crippen molar-refractivity contribution in [3.63, 3.8) is 0 Å². The Morgan fingerprint density at radius 3 is 2.37 bits per heavy atom. The largest absolute Gasteiger partial charge is 0.418 e. The van der Waals surface area contributed by atoms with Gasteiger partial charge in [-0.25, -0.2) is 4.79 Å². The molecule has 49 heavy (non-hydrogen) atoms. The molecule has 10 nitrogen and oxygen atoms in total. The number of piperidine rings is 1. The molecule has 0 aliphatic carbocycles. The van der Waals surface area contributed by atoms with Crippen LogP contribution in [0.4, 0.5) is 35.0 Å². The lowest BCUT2D eigenvalue weighted by Crippen LogP contribution is -2.52. The van der Waals surface area contributed by atoms with Crippen LogP contribution in [-0.2, 0) is 28.7 Å². The summed E-state index contributed by atoms with van der Waals surface area (Å²) in [6.07, 6.45) is -0.340. The molecule has 2 aromatic carbocycles. The predicted molar refractivity (Wildman–Crippen MR) is 181 cm³/mol. The standard InChI is InChI=1S/C35H39ClF3N7O3/c1-40-32-28(35(37,38)39)19-23(20-29(32)36)18-25(33(48)45-16-14-43(15-17-45)26-6-10-41-11-7-26)21-31(47)44-12-8-27(9-13-44)46-22-24-4-2-3-5-30(24)42-34(46)49/h2-7,10-11,19-20,25,27,40H,8-9,12-18,21-22H2,1H3,(H,42,49)/t25-/m0/s1. The highest BCUT2D eigenvalue weighted by Crippen LogP contribution is 2.40. The van der Waals surface area contributed by atoms with Crippen molar-refractivity contribution < 1.29 is 27.6 Å². The molecule has 2 N–H and O–H groups in total. The van der Waals surface area contributed by atoms with E-state index in [1.54, 1.807) is 27.1 Å². The third-order valence-corrected chi connectivity index (χ3v) is 9.99. The molecule has 0 saturated carbocycles. The van der Waals surface area contributed by atoms with Crippen molar-refractivity contribution in [2.45, 2.75) is 44.4 Å². The number of aromatic nitrogens is 1. The molecule has 1 aromatic heterocycles. The van der Waals surface area contributed by atoms with Gasteiger partial charge < -0.3 is 30.2 Å². The Balaban J connectivity index is 1.16. The Morgan fingerprint density at radius 2 is 1.69 bits per heavy atom. The molecule has 14 heteroatoms. The molecular weight excluding hydrogens is 659 g/mol. The number of fused-ring (bicyclic) bond motifs is 1. The second-order valence-corrected chi connectivity index (χ2v) is 13.1. The highest BCUT2D eigenvalue weighted by atomic mass is 35.5. The van der Waals surface area contributed by atoms with Gasteiger partial charge in [0.15, 0.2) is 0 Å². The number of piperazine rings is 1. The number of carbonyl (C=O) groups is 3. The van der Waals surface area contributed by atoms with E-state index < -0.39 is 17.7 Å². The van der Waals surface area contributed by atoms with Gasteiger partial charge in [-0.2, -0.15) is 13.2 Å². The first-order valence-corrected chi connectivity index (χ1v) is 16.8. The van der Waals surface area contributed by atoms with Crippen LogP contribution < -0.4 is 15.5 Å². The first-order chi connectivity index (χ1) is 23.5. The highest BCUT2D eigenvalue weighted by Gasteiger charge is 2.37. The Labute approximate surface area is 288 Å². The van der Waals surface area contributed by atoms with Crippen molar-refractivity contribution >= 4 is 46.5 Å². The number of carbonyl (C=O) groups excluding carboxylic acids is 3. The van der Waals surface area contributed by atoms with Crippen LogP contribution in [0, 0.1) is 5.92 Å². The average Bonchev–Trinajstić information content (AvgIpc) is 3.10. The lowest BCUT2D eigenvalue weighted by atomic mass is 9.91. The number of benzene rings is 2. The number of rotatable bonds is 8. The second-order valence-electron chi connectivity index (χ2n) is 12.7. The molecule has 0 radical (unpaired) electrons. The van der Waals surface area contributed by atoms with Gasteiger partial charge in [0.25, 0.3) is 0 Å². The van der Waals surface area contributed by atoms with E-state index in [0.717, 1.165) is 23.0 Å². The summed E-state index contributed by atoms with van der Waals surface area (Å²) in [5, 5.41) is 5.36. The van der Waals surface area contributed by atoms with E-state index in [2.05, 4.69) is 20.5 Å². The minimum atomic E-state index is -4.67. The summed E-state index contributed by atoms with van der Waals surface area (Å²) in [5.74, 6) is -1.40. The fraction of sp³-hybridized carbons (Fsp3) is 0.429. The van der Waals surface area contributed by atoms with Crippen LogP contribution in [0.5, 0.6) is 0 Å². The molecule has 260 valence electrons. The molecule has 0 bridgehead atoms. The van der Waals surface area contributed by atoms with Crippen LogP contribution in [0.15, 0.2) is 60.9 Å². The van der Waals surface area contributed by atoms with Crippen molar-refractivity contribution in [1.29, 1.82) is 0 Å². The van der Waals surface area contributed by atoms with Crippen molar-refractivity contribution in [2.75, 3.05) is 61.8 Å². The third-order valence-electron chi connectivity index (χ3n) is 9.70. The molecule has 3 aliphatic heterocycles. The van der Waals surface area contributed by atoms with E-state index in [1.807, 2.05) is 36.4 Å². The lowest BCUT2D eigenvalue weighted by molar-refractivity contribution is -0.142. The Morgan fingerprint density at radius 1 is 1.00 bits per heavy atom. The van der Waals surface area contributed by atoms with Gasteiger partial charge in [0, 0.05) is 89.1 Å². The fourth-order valence-electron chi connectivity index (χ4n) is 7.07. The zero-order chi connectivity index (χ0) is 34.7. The van der Waals surface area contributed by atoms with Crippen molar-refractivity contribution in [1.82, 2.24) is 19.7 Å². The van der Waals surface area contributed by atoms with Crippen LogP contribution in [0.25, 0.3) is 0 Å². The summed E-state index contributed by atoms with van der Waals surface area (Å²) < 4.78 is 42.0. The number of nitrogens with one attached hydrogen (secondary N) is 2. The number of likely N-dealkylation sites (tertiary alicyclic amines) is 1. The SMILES string of the molecule is CNc1c(Cl)cc(C[C@@H](CC(=O)N2CCC(N3Cc4ccccc4NC3=O)CC2)C(=O)N2CCN(c3ccncc3)CC2)cc1C(F)(F)F. The number of urea groups is 1. The van der Waals surface area contributed by atoms with Gasteiger partial charge in [-0.1, -0.05) is 29.8 Å². The zero-order valence-electron chi connectivity index (χ0n) is 27.2. The van der Waals surface area contributed by atoms with Crippen LogP contribution in [0.3, 0.4) is 0 Å². The van der Waals surface area contributed by atoms with E-state index in [9.17, 15) is 27.6 Å². The first-order valence-electron chi connectivity index (χ1n) is 16.5. The van der Waals surface area contributed by atoms with Gasteiger partial charge in [-0.05, 0) is 60.7 Å². The van der Waals surface area contributed by atoms with Crippen LogP contribution in [-0.4, -0.2) is 89.9 Å².